The topological polar surface area (TPSA) is 102 Å². The Balaban J connectivity index is 1.64. The number of carbonyl (C=O) groups is 1. The number of fused-ring (bicyclic) bond motifs is 1. The van der Waals surface area contributed by atoms with Gasteiger partial charge in [-0.25, -0.2) is 23.1 Å². The molecule has 0 bridgehead atoms. The molecule has 1 aliphatic heterocycles. The first-order chi connectivity index (χ1) is 15.7. The van der Waals surface area contributed by atoms with Gasteiger partial charge in [-0.05, 0) is 18.9 Å². The van der Waals surface area contributed by atoms with E-state index in [2.05, 4.69) is 26.2 Å². The van der Waals surface area contributed by atoms with Crippen LogP contribution in [0.25, 0.3) is 0 Å². The van der Waals surface area contributed by atoms with Gasteiger partial charge in [-0.3, -0.25) is 9.79 Å². The third-order valence-corrected chi connectivity index (χ3v) is 7.55. The Hall–Kier alpha value is -3.26. The van der Waals surface area contributed by atoms with Crippen molar-refractivity contribution in [1.29, 1.82) is 0 Å². The SMILES string of the molecule is C#CCOc1cnc(C(=O)Nc2cc(F)c(F)c([C@@]3(C)N=C(N)S[C@]4(CF)[C@H]3[C@@H]4C)c2)cn1. The summed E-state index contributed by atoms with van der Waals surface area (Å²) in [5.74, 6) is -1.15. The van der Waals surface area contributed by atoms with Gasteiger partial charge >= 0.3 is 0 Å². The maximum absolute atomic E-state index is 14.9. The molecule has 4 atom stereocenters. The zero-order chi connectivity index (χ0) is 24.0. The fourth-order valence-corrected chi connectivity index (χ4v) is 6.04. The van der Waals surface area contributed by atoms with Crippen LogP contribution in [0, 0.1) is 35.8 Å². The van der Waals surface area contributed by atoms with Gasteiger partial charge in [0.15, 0.2) is 23.4 Å². The number of hydrogen-bond acceptors (Lipinski definition) is 7. The van der Waals surface area contributed by atoms with Gasteiger partial charge < -0.3 is 15.8 Å². The van der Waals surface area contributed by atoms with Crippen LogP contribution < -0.4 is 15.8 Å². The molecule has 1 aromatic heterocycles. The van der Waals surface area contributed by atoms with Gasteiger partial charge in [-0.2, -0.15) is 0 Å². The first-order valence-electron chi connectivity index (χ1n) is 9.95. The third kappa shape index (κ3) is 3.78. The second kappa shape index (κ2) is 8.26. The Morgan fingerprint density at radius 1 is 1.36 bits per heavy atom. The molecular formula is C22H20F3N5O2S. The van der Waals surface area contributed by atoms with Gasteiger partial charge in [0.05, 0.1) is 22.7 Å². The lowest BCUT2D eigenvalue weighted by Gasteiger charge is -2.33. The van der Waals surface area contributed by atoms with Crippen molar-refractivity contribution in [3.05, 3.63) is 47.4 Å². The maximum atomic E-state index is 14.9. The minimum Gasteiger partial charge on any atom is -0.463 e. The van der Waals surface area contributed by atoms with Gasteiger partial charge in [-0.1, -0.05) is 24.6 Å². The molecule has 7 nitrogen and oxygen atoms in total. The summed E-state index contributed by atoms with van der Waals surface area (Å²) in [6, 6.07) is 2.14. The Morgan fingerprint density at radius 3 is 2.76 bits per heavy atom. The molecule has 2 heterocycles. The standard InChI is InChI=1S/C22H20F3N5O2S/c1-4-5-32-16-9-27-15(8-28-16)19(31)29-12-6-13(17(25)14(24)7-12)21(3)18-11(2)22(18,10-23)33-20(26)30-21/h1,6-9,11,18H,5,10H2,2-3H3,(H2,26,30)(H,29,31)/t11-,18-,21+,22-/m0/s1. The van der Waals surface area contributed by atoms with Gasteiger partial charge in [0.1, 0.15) is 12.4 Å². The number of carbonyl (C=O) groups excluding carboxylic acids is 1. The molecule has 1 aliphatic carbocycles. The molecule has 1 amide bonds. The lowest BCUT2D eigenvalue weighted by Crippen LogP contribution is -2.37. The zero-order valence-corrected chi connectivity index (χ0v) is 18.5. The summed E-state index contributed by atoms with van der Waals surface area (Å²) >= 11 is 1.13. The van der Waals surface area contributed by atoms with Crippen LogP contribution in [0.5, 0.6) is 5.88 Å². The number of nitrogens with two attached hydrogens (primary N) is 1. The number of ether oxygens (including phenoxy) is 1. The van der Waals surface area contributed by atoms with Crippen molar-refractivity contribution >= 4 is 28.5 Å². The fourth-order valence-electron chi connectivity index (χ4n) is 4.54. The van der Waals surface area contributed by atoms with Crippen molar-refractivity contribution < 1.29 is 22.7 Å². The highest BCUT2D eigenvalue weighted by molar-refractivity contribution is 8.15. The van der Waals surface area contributed by atoms with Crippen LogP contribution in [0.2, 0.25) is 0 Å². The molecule has 2 aliphatic rings. The van der Waals surface area contributed by atoms with Crippen molar-refractivity contribution in [2.24, 2.45) is 22.6 Å². The molecule has 33 heavy (non-hydrogen) atoms. The quantitative estimate of drug-likeness (QED) is 0.622. The van der Waals surface area contributed by atoms with E-state index in [1.54, 1.807) is 6.92 Å². The van der Waals surface area contributed by atoms with E-state index in [0.717, 1.165) is 24.0 Å². The molecule has 172 valence electrons. The largest absolute Gasteiger partial charge is 0.463 e. The first kappa shape index (κ1) is 22.9. The number of rotatable bonds is 6. The van der Waals surface area contributed by atoms with Crippen molar-refractivity contribution in [3.63, 3.8) is 0 Å². The fraction of sp³-hybridized carbons (Fsp3) is 0.364. The number of benzene rings is 1. The minimum atomic E-state index is -1.30. The van der Waals surface area contributed by atoms with E-state index in [1.165, 1.54) is 12.3 Å². The van der Waals surface area contributed by atoms with Crippen molar-refractivity contribution in [2.75, 3.05) is 18.6 Å². The second-order valence-electron chi connectivity index (χ2n) is 8.06. The van der Waals surface area contributed by atoms with Gasteiger partial charge in [0.2, 0.25) is 5.88 Å². The number of aliphatic imine (C=N–C) groups is 1. The number of terminal acetylenes is 1. The van der Waals surface area contributed by atoms with Crippen LogP contribution in [0.3, 0.4) is 0 Å². The van der Waals surface area contributed by atoms with E-state index in [-0.39, 0.29) is 40.5 Å². The average Bonchev–Trinajstić information content (AvgIpc) is 3.39. The van der Waals surface area contributed by atoms with Crippen molar-refractivity contribution in [1.82, 2.24) is 9.97 Å². The summed E-state index contributed by atoms with van der Waals surface area (Å²) in [5, 5.41) is 2.58. The molecule has 0 spiro atoms. The van der Waals surface area contributed by atoms with E-state index >= 15 is 0 Å². The number of thioether (sulfide) groups is 1. The van der Waals surface area contributed by atoms with Gasteiger partial charge in [0, 0.05) is 23.2 Å². The molecule has 3 N–H and O–H groups in total. The number of amides is 1. The van der Waals surface area contributed by atoms with E-state index in [9.17, 15) is 18.0 Å². The predicted molar refractivity (Wildman–Crippen MR) is 119 cm³/mol. The predicted octanol–water partition coefficient (Wildman–Crippen LogP) is 3.27. The molecule has 11 heteroatoms. The summed E-state index contributed by atoms with van der Waals surface area (Å²) in [7, 11) is 0. The highest BCUT2D eigenvalue weighted by Crippen LogP contribution is 2.69. The normalized spacial score (nSPS) is 27.7. The molecule has 2 aromatic rings. The van der Waals surface area contributed by atoms with E-state index < -0.39 is 40.4 Å². The summed E-state index contributed by atoms with van der Waals surface area (Å²) in [6.45, 7) is 2.75. The number of hydrogen-bond donors (Lipinski definition) is 2. The number of aromatic nitrogens is 2. The second-order valence-corrected chi connectivity index (χ2v) is 9.44. The van der Waals surface area contributed by atoms with E-state index in [1.807, 2.05) is 6.92 Å². The van der Waals surface area contributed by atoms with Crippen LogP contribution in [0.15, 0.2) is 29.5 Å². The maximum Gasteiger partial charge on any atom is 0.275 e. The van der Waals surface area contributed by atoms with Crippen LogP contribution in [0.1, 0.15) is 29.9 Å². The molecule has 0 radical (unpaired) electrons. The average molecular weight is 475 g/mol. The number of nitrogens with zero attached hydrogens (tertiary/aromatic N) is 3. The Morgan fingerprint density at radius 2 is 2.12 bits per heavy atom. The van der Waals surface area contributed by atoms with Gasteiger partial charge in [0.25, 0.3) is 5.91 Å². The highest BCUT2D eigenvalue weighted by atomic mass is 32.2. The summed E-state index contributed by atoms with van der Waals surface area (Å²) in [6.07, 6.45) is 7.48. The monoisotopic (exact) mass is 475 g/mol. The summed E-state index contributed by atoms with van der Waals surface area (Å²) in [4.78, 5) is 24.8. The Labute approximate surface area is 192 Å². The van der Waals surface area contributed by atoms with Crippen LogP contribution in [0.4, 0.5) is 18.9 Å². The number of anilines is 1. The zero-order valence-electron chi connectivity index (χ0n) is 17.7. The number of halogens is 3. The Bertz CT molecular complexity index is 1190. The molecule has 0 unspecified atom stereocenters. The molecular weight excluding hydrogens is 455 g/mol. The Kier molecular flexibility index (Phi) is 5.74. The molecule has 0 saturated heterocycles. The van der Waals surface area contributed by atoms with Crippen LogP contribution in [-0.4, -0.2) is 39.1 Å². The van der Waals surface area contributed by atoms with Crippen molar-refractivity contribution in [3.8, 4) is 18.2 Å². The molecule has 1 aromatic carbocycles. The molecule has 1 fully saturated rings. The first-order valence-corrected chi connectivity index (χ1v) is 10.8. The lowest BCUT2D eigenvalue weighted by molar-refractivity contribution is 0.102. The van der Waals surface area contributed by atoms with Crippen molar-refractivity contribution in [2.45, 2.75) is 24.1 Å². The number of alkyl halides is 1. The number of amidine groups is 1. The highest BCUT2D eigenvalue weighted by Gasteiger charge is 2.72. The molecule has 1 saturated carbocycles. The summed E-state index contributed by atoms with van der Waals surface area (Å²) in [5.41, 5.74) is 4.42. The molecule has 4 rings (SSSR count). The lowest BCUT2D eigenvalue weighted by atomic mass is 9.84. The third-order valence-electron chi connectivity index (χ3n) is 6.14. The van der Waals surface area contributed by atoms with E-state index in [0.29, 0.717) is 0 Å². The summed E-state index contributed by atoms with van der Waals surface area (Å²) < 4.78 is 47.7. The van der Waals surface area contributed by atoms with Gasteiger partial charge in [-0.15, -0.1) is 6.42 Å². The smallest absolute Gasteiger partial charge is 0.275 e. The number of nitrogens with one attached hydrogen (secondary N) is 1. The van der Waals surface area contributed by atoms with E-state index in [4.69, 9.17) is 16.9 Å². The van der Waals surface area contributed by atoms with Crippen LogP contribution in [-0.2, 0) is 5.54 Å². The minimum absolute atomic E-state index is 0.00850. The van der Waals surface area contributed by atoms with Crippen LogP contribution >= 0.6 is 11.8 Å².